The first-order valence-electron chi connectivity index (χ1n) is 8.00. The van der Waals surface area contributed by atoms with Gasteiger partial charge in [-0.3, -0.25) is 4.90 Å². The number of para-hydroxylation sites is 2. The minimum atomic E-state index is -0.0217. The normalized spacial score (nSPS) is 19.0. The summed E-state index contributed by atoms with van der Waals surface area (Å²) in [5.74, 6) is 1.05. The Labute approximate surface area is 131 Å². The summed E-state index contributed by atoms with van der Waals surface area (Å²) >= 11 is 0. The fourth-order valence-electron chi connectivity index (χ4n) is 3.15. The lowest BCUT2D eigenvalue weighted by Crippen LogP contribution is -2.45. The van der Waals surface area contributed by atoms with E-state index in [0.717, 1.165) is 43.0 Å². The number of piperazine rings is 1. The van der Waals surface area contributed by atoms with Crippen LogP contribution < -0.4 is 5.32 Å². The summed E-state index contributed by atoms with van der Waals surface area (Å²) in [6, 6.07) is 10.8. The molecule has 2 atom stereocenters. The first-order chi connectivity index (χ1) is 10.7. The van der Waals surface area contributed by atoms with Crippen LogP contribution in [0.5, 0.6) is 0 Å². The molecule has 2 aromatic rings. The van der Waals surface area contributed by atoms with Gasteiger partial charge in [0.25, 0.3) is 0 Å². The predicted octanol–water partition coefficient (Wildman–Crippen LogP) is 2.16. The van der Waals surface area contributed by atoms with Crippen molar-refractivity contribution in [1.82, 2.24) is 19.8 Å². The molecule has 0 amide bonds. The van der Waals surface area contributed by atoms with E-state index in [1.54, 1.807) is 0 Å². The van der Waals surface area contributed by atoms with Crippen LogP contribution in [0.25, 0.3) is 11.0 Å². The van der Waals surface area contributed by atoms with E-state index in [1.165, 1.54) is 0 Å². The van der Waals surface area contributed by atoms with Crippen molar-refractivity contribution in [2.24, 2.45) is 5.92 Å². The maximum Gasteiger partial charge on any atom is 0.127 e. The van der Waals surface area contributed by atoms with Crippen molar-refractivity contribution in [1.29, 1.82) is 5.26 Å². The summed E-state index contributed by atoms with van der Waals surface area (Å²) in [5.41, 5.74) is 2.14. The van der Waals surface area contributed by atoms with Crippen molar-refractivity contribution >= 4 is 11.0 Å². The molecule has 5 heteroatoms. The lowest BCUT2D eigenvalue weighted by atomic mass is 10.2. The molecule has 1 N–H and O–H groups in total. The zero-order valence-electron chi connectivity index (χ0n) is 13.3. The van der Waals surface area contributed by atoms with Gasteiger partial charge in [0.1, 0.15) is 5.82 Å². The van der Waals surface area contributed by atoms with E-state index in [0.29, 0.717) is 6.54 Å². The molecular formula is C17H23N5. The minimum absolute atomic E-state index is 0.0217. The van der Waals surface area contributed by atoms with Gasteiger partial charge in [0.05, 0.1) is 29.1 Å². The third kappa shape index (κ3) is 2.85. The number of hydrogen-bond donors (Lipinski definition) is 1. The highest BCUT2D eigenvalue weighted by Crippen LogP contribution is 2.25. The number of rotatable bonds is 4. The molecule has 1 aliphatic rings. The Balaban J connectivity index is 1.99. The minimum Gasteiger partial charge on any atom is -0.325 e. The zero-order chi connectivity index (χ0) is 15.5. The van der Waals surface area contributed by atoms with Crippen molar-refractivity contribution in [3.63, 3.8) is 0 Å². The second-order valence-electron chi connectivity index (χ2n) is 6.06. The van der Waals surface area contributed by atoms with Gasteiger partial charge in [-0.05, 0) is 26.0 Å². The SMILES string of the molecule is CC(C#N)Cn1c(C(C)N2CCNCC2)nc2ccccc21. The second kappa shape index (κ2) is 6.47. The summed E-state index contributed by atoms with van der Waals surface area (Å²) in [6.45, 7) is 9.02. The zero-order valence-corrected chi connectivity index (χ0v) is 13.3. The third-order valence-corrected chi connectivity index (χ3v) is 4.43. The van der Waals surface area contributed by atoms with Crippen LogP contribution in [0.4, 0.5) is 0 Å². The van der Waals surface area contributed by atoms with Crippen molar-refractivity contribution in [2.45, 2.75) is 26.4 Å². The number of nitrogens with one attached hydrogen (secondary N) is 1. The summed E-state index contributed by atoms with van der Waals surface area (Å²) in [4.78, 5) is 7.33. The molecule has 0 spiro atoms. The smallest absolute Gasteiger partial charge is 0.127 e. The third-order valence-electron chi connectivity index (χ3n) is 4.43. The summed E-state index contributed by atoms with van der Waals surface area (Å²) < 4.78 is 2.23. The molecule has 116 valence electrons. The van der Waals surface area contributed by atoms with Gasteiger partial charge in [0, 0.05) is 32.7 Å². The quantitative estimate of drug-likeness (QED) is 0.939. The molecule has 1 aliphatic heterocycles. The molecule has 1 aromatic carbocycles. The number of fused-ring (bicyclic) bond motifs is 1. The van der Waals surface area contributed by atoms with Gasteiger partial charge in [-0.25, -0.2) is 4.98 Å². The lowest BCUT2D eigenvalue weighted by Gasteiger charge is -2.32. The molecule has 1 saturated heterocycles. The fraction of sp³-hybridized carbons (Fsp3) is 0.529. The highest BCUT2D eigenvalue weighted by molar-refractivity contribution is 5.76. The first-order valence-corrected chi connectivity index (χ1v) is 8.00. The van der Waals surface area contributed by atoms with Gasteiger partial charge < -0.3 is 9.88 Å². The largest absolute Gasteiger partial charge is 0.325 e. The topological polar surface area (TPSA) is 56.9 Å². The number of aromatic nitrogens is 2. The van der Waals surface area contributed by atoms with E-state index in [4.69, 9.17) is 4.98 Å². The van der Waals surface area contributed by atoms with Crippen molar-refractivity contribution in [2.75, 3.05) is 26.2 Å². The number of imidazole rings is 1. The van der Waals surface area contributed by atoms with Crippen LogP contribution in [0.1, 0.15) is 25.7 Å². The van der Waals surface area contributed by atoms with E-state index in [-0.39, 0.29) is 12.0 Å². The summed E-state index contributed by atoms with van der Waals surface area (Å²) in [6.07, 6.45) is 0. The second-order valence-corrected chi connectivity index (χ2v) is 6.06. The Bertz CT molecular complexity index is 678. The molecule has 0 aliphatic carbocycles. The molecule has 0 saturated carbocycles. The number of hydrogen-bond acceptors (Lipinski definition) is 4. The Hall–Kier alpha value is -1.90. The van der Waals surface area contributed by atoms with Crippen LogP contribution >= 0.6 is 0 Å². The fourth-order valence-corrected chi connectivity index (χ4v) is 3.15. The monoisotopic (exact) mass is 297 g/mol. The molecule has 5 nitrogen and oxygen atoms in total. The first kappa shape index (κ1) is 15.0. The predicted molar refractivity (Wildman–Crippen MR) is 87.4 cm³/mol. The molecule has 1 aromatic heterocycles. The van der Waals surface area contributed by atoms with Gasteiger partial charge in [0.2, 0.25) is 0 Å². The van der Waals surface area contributed by atoms with Gasteiger partial charge in [-0.2, -0.15) is 5.26 Å². The molecule has 0 radical (unpaired) electrons. The Kier molecular flexibility index (Phi) is 4.41. The average Bonchev–Trinajstić information content (AvgIpc) is 2.93. The van der Waals surface area contributed by atoms with Gasteiger partial charge in [-0.15, -0.1) is 0 Å². The number of benzene rings is 1. The van der Waals surface area contributed by atoms with Crippen molar-refractivity contribution < 1.29 is 0 Å². The molecule has 2 unspecified atom stereocenters. The van der Waals surface area contributed by atoms with Crippen LogP contribution in [-0.4, -0.2) is 40.6 Å². The molecule has 22 heavy (non-hydrogen) atoms. The van der Waals surface area contributed by atoms with Gasteiger partial charge in [0.15, 0.2) is 0 Å². The maximum absolute atomic E-state index is 9.18. The highest BCUT2D eigenvalue weighted by Gasteiger charge is 2.24. The van der Waals surface area contributed by atoms with Crippen LogP contribution in [0, 0.1) is 17.2 Å². The standard InChI is InChI=1S/C17H23N5/c1-13(11-18)12-22-16-6-4-3-5-15(16)20-17(22)14(2)21-9-7-19-8-10-21/h3-6,13-14,19H,7-10,12H2,1-2H3. The molecule has 3 rings (SSSR count). The van der Waals surface area contributed by atoms with Crippen LogP contribution in [0.3, 0.4) is 0 Å². The van der Waals surface area contributed by atoms with Crippen LogP contribution in [0.15, 0.2) is 24.3 Å². The van der Waals surface area contributed by atoms with Gasteiger partial charge in [-0.1, -0.05) is 12.1 Å². The van der Waals surface area contributed by atoms with E-state index >= 15 is 0 Å². The van der Waals surface area contributed by atoms with E-state index in [2.05, 4.69) is 39.9 Å². The van der Waals surface area contributed by atoms with E-state index < -0.39 is 0 Å². The van der Waals surface area contributed by atoms with E-state index in [9.17, 15) is 5.26 Å². The summed E-state index contributed by atoms with van der Waals surface area (Å²) in [5, 5.41) is 12.6. The Morgan fingerprint density at radius 3 is 2.73 bits per heavy atom. The molecule has 2 heterocycles. The molecule has 0 bridgehead atoms. The maximum atomic E-state index is 9.18. The van der Waals surface area contributed by atoms with E-state index in [1.807, 2.05) is 19.1 Å². The molecule has 1 fully saturated rings. The Morgan fingerprint density at radius 2 is 2.00 bits per heavy atom. The average molecular weight is 297 g/mol. The van der Waals surface area contributed by atoms with Gasteiger partial charge >= 0.3 is 0 Å². The summed E-state index contributed by atoms with van der Waals surface area (Å²) in [7, 11) is 0. The lowest BCUT2D eigenvalue weighted by molar-refractivity contribution is 0.176. The van der Waals surface area contributed by atoms with Crippen LogP contribution in [0.2, 0.25) is 0 Å². The highest BCUT2D eigenvalue weighted by atomic mass is 15.2. The molecular weight excluding hydrogens is 274 g/mol. The number of nitriles is 1. The van der Waals surface area contributed by atoms with Crippen molar-refractivity contribution in [3.8, 4) is 6.07 Å². The number of nitrogens with zero attached hydrogens (tertiary/aromatic N) is 4. The van der Waals surface area contributed by atoms with Crippen LogP contribution in [-0.2, 0) is 6.54 Å². The van der Waals surface area contributed by atoms with Crippen molar-refractivity contribution in [3.05, 3.63) is 30.1 Å². The Morgan fingerprint density at radius 1 is 1.27 bits per heavy atom.